The van der Waals surface area contributed by atoms with Crippen LogP contribution in [-0.4, -0.2) is 69.9 Å². The number of thioether (sulfide) groups is 1. The van der Waals surface area contributed by atoms with Crippen LogP contribution in [0.1, 0.15) is 13.8 Å². The Bertz CT molecular complexity index is 361. The van der Waals surface area contributed by atoms with E-state index < -0.39 is 12.0 Å². The summed E-state index contributed by atoms with van der Waals surface area (Å²) in [5.74, 6) is -0.0193. The molecule has 0 spiro atoms. The summed E-state index contributed by atoms with van der Waals surface area (Å²) in [4.78, 5) is 26.7. The summed E-state index contributed by atoms with van der Waals surface area (Å²) in [5.41, 5.74) is -0.383. The van der Waals surface area contributed by atoms with Crippen LogP contribution in [0.3, 0.4) is 0 Å². The highest BCUT2D eigenvalue weighted by Gasteiger charge is 2.42. The number of urea groups is 1. The number of hydrogen-bond acceptors (Lipinski definition) is 4. The highest BCUT2D eigenvalue weighted by atomic mass is 32.2. The summed E-state index contributed by atoms with van der Waals surface area (Å²) < 4.78 is 5.37. The third-order valence-electron chi connectivity index (χ3n) is 3.29. The van der Waals surface area contributed by atoms with Gasteiger partial charge in [-0.2, -0.15) is 0 Å². The fraction of sp³-hybridized carbons (Fsp3) is 0.818. The Kier molecular flexibility index (Phi) is 3.72. The predicted octanol–water partition coefficient (Wildman–Crippen LogP) is 0.677. The first-order valence-corrected chi connectivity index (χ1v) is 7.05. The van der Waals surface area contributed by atoms with Gasteiger partial charge in [0.05, 0.1) is 24.6 Å². The van der Waals surface area contributed by atoms with Gasteiger partial charge in [0.1, 0.15) is 6.04 Å². The van der Waals surface area contributed by atoms with Crippen molar-refractivity contribution in [2.45, 2.75) is 25.4 Å². The maximum atomic E-state index is 12.5. The van der Waals surface area contributed by atoms with Gasteiger partial charge in [-0.25, -0.2) is 9.59 Å². The van der Waals surface area contributed by atoms with Crippen molar-refractivity contribution in [3.8, 4) is 0 Å². The van der Waals surface area contributed by atoms with Gasteiger partial charge in [0.15, 0.2) is 0 Å². The summed E-state index contributed by atoms with van der Waals surface area (Å²) in [6, 6.07) is -0.901. The van der Waals surface area contributed by atoms with Gasteiger partial charge in [-0.3, -0.25) is 0 Å². The minimum atomic E-state index is -0.931. The molecule has 2 aliphatic heterocycles. The molecule has 2 fully saturated rings. The smallest absolute Gasteiger partial charge is 0.327 e. The summed E-state index contributed by atoms with van der Waals surface area (Å²) >= 11 is 1.48. The standard InChI is InChI=1S/C11H18N2O4S/c1-11(2)6-17-4-3-13(11)10(16)12-7-18-5-8(12)9(14)15/h8H,3-7H2,1-2H3,(H,14,15)/t8-/m0/s1. The number of nitrogens with zero attached hydrogens (tertiary/aromatic N) is 2. The lowest BCUT2D eigenvalue weighted by Crippen LogP contribution is -2.60. The van der Waals surface area contributed by atoms with Crippen molar-refractivity contribution in [3.63, 3.8) is 0 Å². The minimum Gasteiger partial charge on any atom is -0.480 e. The Balaban J connectivity index is 2.12. The predicted molar refractivity (Wildman–Crippen MR) is 67.6 cm³/mol. The van der Waals surface area contributed by atoms with Gasteiger partial charge < -0.3 is 19.6 Å². The maximum Gasteiger partial charge on any atom is 0.327 e. The van der Waals surface area contributed by atoms with E-state index in [0.717, 1.165) is 0 Å². The Morgan fingerprint density at radius 2 is 2.17 bits per heavy atom. The number of carboxylic acids is 1. The van der Waals surface area contributed by atoms with Crippen molar-refractivity contribution in [1.82, 2.24) is 9.80 Å². The van der Waals surface area contributed by atoms with E-state index in [2.05, 4.69) is 0 Å². The molecule has 2 aliphatic rings. The molecule has 0 bridgehead atoms. The molecule has 0 aromatic rings. The lowest BCUT2D eigenvalue weighted by Gasteiger charge is -2.44. The van der Waals surface area contributed by atoms with Crippen LogP contribution >= 0.6 is 11.8 Å². The zero-order chi connectivity index (χ0) is 13.3. The van der Waals surface area contributed by atoms with Crippen LogP contribution in [0, 0.1) is 0 Å². The quantitative estimate of drug-likeness (QED) is 0.761. The average molecular weight is 274 g/mol. The van der Waals surface area contributed by atoms with Crippen molar-refractivity contribution < 1.29 is 19.4 Å². The van der Waals surface area contributed by atoms with Crippen molar-refractivity contribution in [2.75, 3.05) is 31.4 Å². The number of ether oxygens (including phenoxy) is 1. The second-order valence-electron chi connectivity index (χ2n) is 5.12. The summed E-state index contributed by atoms with van der Waals surface area (Å²) in [7, 11) is 0. The maximum absolute atomic E-state index is 12.5. The normalized spacial score (nSPS) is 27.3. The number of carbonyl (C=O) groups is 2. The van der Waals surface area contributed by atoms with Crippen LogP contribution in [0.15, 0.2) is 0 Å². The molecular formula is C11H18N2O4S. The van der Waals surface area contributed by atoms with E-state index >= 15 is 0 Å². The fourth-order valence-corrected chi connectivity index (χ4v) is 3.34. The number of aliphatic carboxylic acids is 1. The van der Waals surface area contributed by atoms with Crippen molar-refractivity contribution in [3.05, 3.63) is 0 Å². The lowest BCUT2D eigenvalue weighted by molar-refractivity contribution is -0.141. The van der Waals surface area contributed by atoms with Crippen LogP contribution in [0.4, 0.5) is 4.79 Å². The second kappa shape index (κ2) is 4.97. The van der Waals surface area contributed by atoms with Gasteiger partial charge in [0, 0.05) is 12.3 Å². The molecule has 1 N–H and O–H groups in total. The number of amides is 2. The Hall–Kier alpha value is -0.950. The molecule has 0 unspecified atom stereocenters. The Morgan fingerprint density at radius 1 is 1.44 bits per heavy atom. The zero-order valence-electron chi connectivity index (χ0n) is 10.6. The summed E-state index contributed by atoms with van der Waals surface area (Å²) in [5, 5.41) is 9.11. The molecule has 6 nitrogen and oxygen atoms in total. The van der Waals surface area contributed by atoms with Gasteiger partial charge in [0.2, 0.25) is 0 Å². The highest BCUT2D eigenvalue weighted by molar-refractivity contribution is 7.99. The van der Waals surface area contributed by atoms with E-state index in [1.165, 1.54) is 16.7 Å². The van der Waals surface area contributed by atoms with Gasteiger partial charge >= 0.3 is 12.0 Å². The number of morpholine rings is 1. The third-order valence-corrected chi connectivity index (χ3v) is 4.30. The van der Waals surface area contributed by atoms with Crippen LogP contribution in [-0.2, 0) is 9.53 Å². The molecule has 0 aromatic heterocycles. The minimum absolute atomic E-state index is 0.194. The molecule has 18 heavy (non-hydrogen) atoms. The monoisotopic (exact) mass is 274 g/mol. The highest BCUT2D eigenvalue weighted by Crippen LogP contribution is 2.27. The van der Waals surface area contributed by atoms with Crippen LogP contribution in [0.2, 0.25) is 0 Å². The number of carboxylic acid groups (broad SMARTS) is 1. The summed E-state index contributed by atoms with van der Waals surface area (Å²) in [6.45, 7) is 5.37. The molecule has 2 saturated heterocycles. The van der Waals surface area contributed by atoms with Gasteiger partial charge in [-0.05, 0) is 13.8 Å². The van der Waals surface area contributed by atoms with E-state index in [-0.39, 0.29) is 11.6 Å². The SMILES string of the molecule is CC1(C)COCCN1C(=O)N1CSC[C@H]1C(=O)O. The second-order valence-corrected chi connectivity index (χ2v) is 6.12. The van der Waals surface area contributed by atoms with Gasteiger partial charge in [-0.15, -0.1) is 11.8 Å². The number of carbonyl (C=O) groups excluding carboxylic acids is 1. The third kappa shape index (κ3) is 2.42. The van der Waals surface area contributed by atoms with Crippen molar-refractivity contribution in [2.24, 2.45) is 0 Å². The topological polar surface area (TPSA) is 70.1 Å². The molecule has 2 heterocycles. The van der Waals surface area contributed by atoms with Crippen LogP contribution in [0.5, 0.6) is 0 Å². The largest absolute Gasteiger partial charge is 0.480 e. The Morgan fingerprint density at radius 3 is 2.78 bits per heavy atom. The molecule has 0 saturated carbocycles. The number of rotatable bonds is 1. The molecule has 0 aromatic carbocycles. The zero-order valence-corrected chi connectivity index (χ0v) is 11.4. The van der Waals surface area contributed by atoms with E-state index in [4.69, 9.17) is 9.84 Å². The number of hydrogen-bond donors (Lipinski definition) is 1. The average Bonchev–Trinajstić information content (AvgIpc) is 2.76. The Labute approximate surface area is 110 Å². The molecule has 102 valence electrons. The molecule has 7 heteroatoms. The summed E-state index contributed by atoms with van der Waals surface area (Å²) in [6.07, 6.45) is 0. The first-order chi connectivity index (χ1) is 8.43. The molecule has 0 radical (unpaired) electrons. The van der Waals surface area contributed by atoms with E-state index in [1.807, 2.05) is 13.8 Å². The fourth-order valence-electron chi connectivity index (χ4n) is 2.20. The molecule has 0 aliphatic carbocycles. The van der Waals surface area contributed by atoms with Crippen molar-refractivity contribution >= 4 is 23.8 Å². The van der Waals surface area contributed by atoms with Gasteiger partial charge in [0.25, 0.3) is 0 Å². The van der Waals surface area contributed by atoms with Crippen molar-refractivity contribution in [1.29, 1.82) is 0 Å². The first kappa shape index (κ1) is 13.5. The van der Waals surface area contributed by atoms with E-state index in [0.29, 0.717) is 31.4 Å². The molecular weight excluding hydrogens is 256 g/mol. The van der Waals surface area contributed by atoms with Gasteiger partial charge in [-0.1, -0.05) is 0 Å². The van der Waals surface area contributed by atoms with E-state index in [1.54, 1.807) is 4.90 Å². The first-order valence-electron chi connectivity index (χ1n) is 5.90. The molecule has 2 rings (SSSR count). The molecule has 1 atom stereocenters. The van der Waals surface area contributed by atoms with Crippen LogP contribution in [0.25, 0.3) is 0 Å². The lowest BCUT2D eigenvalue weighted by atomic mass is 10.0. The van der Waals surface area contributed by atoms with Crippen LogP contribution < -0.4 is 0 Å². The molecule has 2 amide bonds. The van der Waals surface area contributed by atoms with E-state index in [9.17, 15) is 9.59 Å².